The van der Waals surface area contributed by atoms with Gasteiger partial charge in [-0.25, -0.2) is 9.69 Å². The smallest absolute Gasteiger partial charge is 0.335 e. The summed E-state index contributed by atoms with van der Waals surface area (Å²) < 4.78 is 5.55. The van der Waals surface area contributed by atoms with E-state index in [1.807, 2.05) is 48.5 Å². The molecule has 4 amide bonds. The summed E-state index contributed by atoms with van der Waals surface area (Å²) in [6.07, 6.45) is 4.88. The number of hydrogen-bond donors (Lipinski definition) is 1. The van der Waals surface area contributed by atoms with E-state index in [1.165, 1.54) is 22.9 Å². The molecule has 230 valence electrons. The molecule has 1 saturated heterocycles. The number of amides is 4. The second-order valence-electron chi connectivity index (χ2n) is 11.7. The molecular weight excluding hydrogens is 598 g/mol. The van der Waals surface area contributed by atoms with Crippen LogP contribution in [-0.2, 0) is 9.59 Å². The van der Waals surface area contributed by atoms with Crippen LogP contribution < -0.4 is 19.9 Å². The maximum absolute atomic E-state index is 14.1. The zero-order chi connectivity index (χ0) is 31.8. The molecule has 4 aromatic carbocycles. The number of nitrogens with one attached hydrogen (secondary N) is 1. The Kier molecular flexibility index (Phi) is 7.93. The van der Waals surface area contributed by atoms with E-state index in [9.17, 15) is 14.4 Å². The highest BCUT2D eigenvalue weighted by Crippen LogP contribution is 2.50. The third-order valence-electron chi connectivity index (χ3n) is 8.98. The number of urea groups is 1. The van der Waals surface area contributed by atoms with Gasteiger partial charge in [-0.3, -0.25) is 14.9 Å². The number of barbiturate groups is 1. The molecule has 7 rings (SSSR count). The van der Waals surface area contributed by atoms with Gasteiger partial charge >= 0.3 is 6.03 Å². The van der Waals surface area contributed by atoms with Gasteiger partial charge < -0.3 is 9.64 Å². The average molecular weight is 630 g/mol. The monoisotopic (exact) mass is 629 g/mol. The number of carbonyl (C=O) groups is 3. The lowest BCUT2D eigenvalue weighted by Gasteiger charge is -2.44. The minimum atomic E-state index is -0.776. The molecule has 3 aliphatic heterocycles. The number of benzene rings is 4. The first-order valence-corrected chi connectivity index (χ1v) is 15.8. The molecule has 2 atom stereocenters. The largest absolute Gasteiger partial charge is 0.488 e. The Labute approximate surface area is 272 Å². The SMILES string of the molecule is C=CCOc1ccc(/C=C2\C(=O)NC(=O)N(c3cc4c5c(c3)[C@H](c3ccccc3)CCN5CC[C@H]4c3ccccc3)C2=O)cc1Cl. The van der Waals surface area contributed by atoms with Crippen molar-refractivity contribution in [2.45, 2.75) is 24.7 Å². The standard InChI is InChI=1S/C38H32ClN3O4/c1-2-19-46-34-14-13-24(21-33(34)39)20-32-36(43)40-38(45)42(37(32)44)27-22-30-28(25-9-5-3-6-10-25)15-17-41-18-16-29(31(23-27)35(30)41)26-11-7-4-8-12-26/h2-14,20-23,28-29H,1,15-19H2,(H,40,43,45)/b32-20+/t28-,29-/m0/s1. The van der Waals surface area contributed by atoms with E-state index in [1.54, 1.807) is 24.3 Å². The number of imide groups is 2. The first-order valence-electron chi connectivity index (χ1n) is 15.4. The maximum Gasteiger partial charge on any atom is 0.335 e. The summed E-state index contributed by atoms with van der Waals surface area (Å²) in [6, 6.07) is 28.8. The number of rotatable bonds is 7. The van der Waals surface area contributed by atoms with Gasteiger partial charge in [-0.05, 0) is 71.0 Å². The van der Waals surface area contributed by atoms with E-state index in [0.717, 1.165) is 42.0 Å². The predicted octanol–water partition coefficient (Wildman–Crippen LogP) is 7.45. The van der Waals surface area contributed by atoms with Crippen LogP contribution >= 0.6 is 11.6 Å². The van der Waals surface area contributed by atoms with Crippen LogP contribution in [0.25, 0.3) is 6.08 Å². The van der Waals surface area contributed by atoms with Gasteiger partial charge in [0.1, 0.15) is 17.9 Å². The summed E-state index contributed by atoms with van der Waals surface area (Å²) in [5.74, 6) is -0.824. The molecule has 0 unspecified atom stereocenters. The summed E-state index contributed by atoms with van der Waals surface area (Å²) in [5.41, 5.74) is 6.50. The van der Waals surface area contributed by atoms with Crippen LogP contribution in [0.2, 0.25) is 5.02 Å². The van der Waals surface area contributed by atoms with Gasteiger partial charge in [-0.1, -0.05) is 91.0 Å². The predicted molar refractivity (Wildman–Crippen MR) is 181 cm³/mol. The Hall–Kier alpha value is -5.14. The molecule has 1 N–H and O–H groups in total. The van der Waals surface area contributed by atoms with E-state index < -0.39 is 17.8 Å². The van der Waals surface area contributed by atoms with Crippen molar-refractivity contribution in [3.05, 3.63) is 142 Å². The topological polar surface area (TPSA) is 79.0 Å². The Balaban J connectivity index is 1.34. The molecule has 4 aromatic rings. The van der Waals surface area contributed by atoms with Crippen molar-refractivity contribution in [1.82, 2.24) is 5.32 Å². The van der Waals surface area contributed by atoms with Crippen molar-refractivity contribution in [2.24, 2.45) is 0 Å². The third kappa shape index (κ3) is 5.37. The highest BCUT2D eigenvalue weighted by Gasteiger charge is 2.40. The van der Waals surface area contributed by atoms with Crippen LogP contribution in [0, 0.1) is 0 Å². The lowest BCUT2D eigenvalue weighted by molar-refractivity contribution is -0.122. The lowest BCUT2D eigenvalue weighted by Crippen LogP contribution is -2.54. The average Bonchev–Trinajstić information content (AvgIpc) is 3.07. The van der Waals surface area contributed by atoms with Crippen LogP contribution in [0.1, 0.15) is 52.5 Å². The van der Waals surface area contributed by atoms with E-state index in [0.29, 0.717) is 22.0 Å². The Morgan fingerprint density at radius 3 is 2.02 bits per heavy atom. The molecule has 0 spiro atoms. The molecule has 3 heterocycles. The van der Waals surface area contributed by atoms with Crippen molar-refractivity contribution < 1.29 is 19.1 Å². The quantitative estimate of drug-likeness (QED) is 0.131. The molecule has 46 heavy (non-hydrogen) atoms. The van der Waals surface area contributed by atoms with Crippen LogP contribution in [-0.4, -0.2) is 37.5 Å². The fraction of sp³-hybridized carbons (Fsp3) is 0.184. The van der Waals surface area contributed by atoms with Gasteiger partial charge in [0.05, 0.1) is 10.7 Å². The highest BCUT2D eigenvalue weighted by molar-refractivity contribution is 6.39. The lowest BCUT2D eigenvalue weighted by atomic mass is 9.76. The summed E-state index contributed by atoms with van der Waals surface area (Å²) in [4.78, 5) is 44.1. The first-order chi connectivity index (χ1) is 22.4. The van der Waals surface area contributed by atoms with E-state index >= 15 is 0 Å². The third-order valence-corrected chi connectivity index (χ3v) is 9.28. The zero-order valence-electron chi connectivity index (χ0n) is 25.1. The minimum absolute atomic E-state index is 0.0873. The second-order valence-corrected chi connectivity index (χ2v) is 12.1. The van der Waals surface area contributed by atoms with Gasteiger partial charge in [0, 0.05) is 30.6 Å². The highest BCUT2D eigenvalue weighted by atomic mass is 35.5. The Morgan fingerprint density at radius 1 is 0.848 bits per heavy atom. The molecule has 3 aliphatic rings. The summed E-state index contributed by atoms with van der Waals surface area (Å²) >= 11 is 6.41. The first kappa shape index (κ1) is 29.6. The molecule has 0 saturated carbocycles. The number of anilines is 2. The van der Waals surface area contributed by atoms with Gasteiger partial charge in [0.15, 0.2) is 0 Å². The van der Waals surface area contributed by atoms with Gasteiger partial charge in [0.2, 0.25) is 0 Å². The van der Waals surface area contributed by atoms with Crippen molar-refractivity contribution in [3.8, 4) is 5.75 Å². The fourth-order valence-corrected chi connectivity index (χ4v) is 7.14. The summed E-state index contributed by atoms with van der Waals surface area (Å²) in [5, 5.41) is 2.71. The van der Waals surface area contributed by atoms with E-state index in [2.05, 4.69) is 41.1 Å². The van der Waals surface area contributed by atoms with Crippen LogP contribution in [0.3, 0.4) is 0 Å². The Bertz CT molecular complexity index is 1820. The van der Waals surface area contributed by atoms with Crippen LogP contribution in [0.15, 0.2) is 109 Å². The van der Waals surface area contributed by atoms with Gasteiger partial charge in [-0.15, -0.1) is 0 Å². The summed E-state index contributed by atoms with van der Waals surface area (Å²) in [7, 11) is 0. The second kappa shape index (κ2) is 12.3. The molecule has 0 bridgehead atoms. The number of nitrogens with zero attached hydrogens (tertiary/aromatic N) is 2. The van der Waals surface area contributed by atoms with E-state index in [4.69, 9.17) is 16.3 Å². The summed E-state index contributed by atoms with van der Waals surface area (Å²) in [6.45, 7) is 5.77. The van der Waals surface area contributed by atoms with Gasteiger partial charge in [0.25, 0.3) is 11.8 Å². The van der Waals surface area contributed by atoms with Crippen molar-refractivity contribution >= 4 is 46.9 Å². The maximum atomic E-state index is 14.1. The van der Waals surface area contributed by atoms with Crippen molar-refractivity contribution in [1.29, 1.82) is 0 Å². The molecule has 0 radical (unpaired) electrons. The molecular formula is C38H32ClN3O4. The molecule has 1 fully saturated rings. The normalized spacial score (nSPS) is 19.9. The van der Waals surface area contributed by atoms with Crippen LogP contribution in [0.4, 0.5) is 16.2 Å². The molecule has 8 heteroatoms. The fourth-order valence-electron chi connectivity index (χ4n) is 6.90. The van der Waals surface area contributed by atoms with Gasteiger partial charge in [-0.2, -0.15) is 0 Å². The number of ether oxygens (including phenoxy) is 1. The molecule has 0 aliphatic carbocycles. The molecule has 0 aromatic heterocycles. The zero-order valence-corrected chi connectivity index (χ0v) is 25.9. The van der Waals surface area contributed by atoms with Crippen molar-refractivity contribution in [2.75, 3.05) is 29.5 Å². The van der Waals surface area contributed by atoms with E-state index in [-0.39, 0.29) is 24.0 Å². The Morgan fingerprint density at radius 2 is 1.46 bits per heavy atom. The number of carbonyl (C=O) groups excluding carboxylic acids is 3. The number of halogens is 1. The van der Waals surface area contributed by atoms with Crippen molar-refractivity contribution in [3.63, 3.8) is 0 Å². The van der Waals surface area contributed by atoms with Crippen LogP contribution in [0.5, 0.6) is 5.75 Å². The molecule has 7 nitrogen and oxygen atoms in total. The minimum Gasteiger partial charge on any atom is -0.488 e. The number of hydrogen-bond acceptors (Lipinski definition) is 5.